The summed E-state index contributed by atoms with van der Waals surface area (Å²) in [5.41, 5.74) is 2.62. The van der Waals surface area contributed by atoms with Crippen LogP contribution in [0.15, 0.2) is 42.5 Å². The minimum absolute atomic E-state index is 0.237. The summed E-state index contributed by atoms with van der Waals surface area (Å²) in [6.45, 7) is 4.76. The number of carbonyl (C=O) groups is 1. The number of benzene rings is 2. The molecule has 0 spiro atoms. The zero-order valence-corrected chi connectivity index (χ0v) is 12.2. The molecule has 0 radical (unpaired) electrons. The second kappa shape index (κ2) is 6.88. The number of nitrogens with one attached hydrogen (secondary N) is 1. The van der Waals surface area contributed by atoms with Crippen molar-refractivity contribution in [2.45, 2.75) is 13.8 Å². The SMILES string of the molecule is Cc1ccc(C)c(OCCNC(=O)c2ccc(F)cc2)c1. The van der Waals surface area contributed by atoms with Crippen molar-refractivity contribution in [2.75, 3.05) is 13.2 Å². The molecule has 0 heterocycles. The van der Waals surface area contributed by atoms with E-state index in [2.05, 4.69) is 5.32 Å². The molecule has 0 unspecified atom stereocenters. The van der Waals surface area contributed by atoms with E-state index in [-0.39, 0.29) is 11.7 Å². The van der Waals surface area contributed by atoms with Gasteiger partial charge in [0.2, 0.25) is 0 Å². The van der Waals surface area contributed by atoms with Gasteiger partial charge in [-0.15, -0.1) is 0 Å². The van der Waals surface area contributed by atoms with Crippen molar-refractivity contribution in [3.8, 4) is 5.75 Å². The van der Waals surface area contributed by atoms with Crippen LogP contribution in [0.3, 0.4) is 0 Å². The molecule has 0 aliphatic carbocycles. The molecule has 0 saturated carbocycles. The second-order valence-corrected chi connectivity index (χ2v) is 4.88. The Hall–Kier alpha value is -2.36. The van der Waals surface area contributed by atoms with Gasteiger partial charge < -0.3 is 10.1 Å². The van der Waals surface area contributed by atoms with Gasteiger partial charge in [-0.05, 0) is 55.3 Å². The van der Waals surface area contributed by atoms with Gasteiger partial charge in [0, 0.05) is 5.56 Å². The molecule has 21 heavy (non-hydrogen) atoms. The number of rotatable bonds is 5. The number of carbonyl (C=O) groups excluding carboxylic acids is 1. The lowest BCUT2D eigenvalue weighted by molar-refractivity contribution is 0.0947. The zero-order valence-electron chi connectivity index (χ0n) is 12.2. The van der Waals surface area contributed by atoms with Crippen LogP contribution in [0.5, 0.6) is 5.75 Å². The zero-order chi connectivity index (χ0) is 15.2. The summed E-state index contributed by atoms with van der Waals surface area (Å²) >= 11 is 0. The van der Waals surface area contributed by atoms with E-state index in [0.29, 0.717) is 18.7 Å². The Balaban J connectivity index is 1.80. The third-order valence-electron chi connectivity index (χ3n) is 3.10. The topological polar surface area (TPSA) is 38.3 Å². The molecule has 3 nitrogen and oxygen atoms in total. The van der Waals surface area contributed by atoms with E-state index in [0.717, 1.165) is 16.9 Å². The summed E-state index contributed by atoms with van der Waals surface area (Å²) in [7, 11) is 0. The lowest BCUT2D eigenvalue weighted by atomic mass is 10.1. The fraction of sp³-hybridized carbons (Fsp3) is 0.235. The lowest BCUT2D eigenvalue weighted by Crippen LogP contribution is -2.28. The van der Waals surface area contributed by atoms with E-state index in [4.69, 9.17) is 4.74 Å². The van der Waals surface area contributed by atoms with Crippen molar-refractivity contribution in [2.24, 2.45) is 0 Å². The predicted octanol–water partition coefficient (Wildman–Crippen LogP) is 3.25. The molecule has 1 N–H and O–H groups in total. The Morgan fingerprint density at radius 1 is 1.14 bits per heavy atom. The molecule has 1 amide bonds. The number of ether oxygens (including phenoxy) is 1. The summed E-state index contributed by atoms with van der Waals surface area (Å²) in [6, 6.07) is 11.4. The first-order chi connectivity index (χ1) is 10.1. The van der Waals surface area contributed by atoms with Crippen molar-refractivity contribution in [1.29, 1.82) is 0 Å². The standard InChI is InChI=1S/C17H18FNO2/c1-12-3-4-13(2)16(11-12)21-10-9-19-17(20)14-5-7-15(18)8-6-14/h3-8,11H,9-10H2,1-2H3,(H,19,20). The summed E-state index contributed by atoms with van der Waals surface area (Å²) in [5.74, 6) is 0.232. The maximum Gasteiger partial charge on any atom is 0.251 e. The second-order valence-electron chi connectivity index (χ2n) is 4.88. The Morgan fingerprint density at radius 2 is 1.86 bits per heavy atom. The molecule has 0 saturated heterocycles. The Bertz CT molecular complexity index is 623. The molecule has 0 bridgehead atoms. The van der Waals surface area contributed by atoms with Crippen molar-refractivity contribution < 1.29 is 13.9 Å². The summed E-state index contributed by atoms with van der Waals surface area (Å²) in [5, 5.41) is 2.74. The van der Waals surface area contributed by atoms with E-state index in [1.165, 1.54) is 24.3 Å². The van der Waals surface area contributed by atoms with Gasteiger partial charge in [0.15, 0.2) is 0 Å². The highest BCUT2D eigenvalue weighted by Crippen LogP contribution is 2.18. The monoisotopic (exact) mass is 287 g/mol. The predicted molar refractivity (Wildman–Crippen MR) is 80.1 cm³/mol. The van der Waals surface area contributed by atoms with Gasteiger partial charge in [-0.1, -0.05) is 12.1 Å². The van der Waals surface area contributed by atoms with Crippen molar-refractivity contribution >= 4 is 5.91 Å². The molecule has 0 aliphatic heterocycles. The minimum Gasteiger partial charge on any atom is -0.491 e. The van der Waals surface area contributed by atoms with Crippen molar-refractivity contribution in [1.82, 2.24) is 5.32 Å². The molecule has 0 fully saturated rings. The van der Waals surface area contributed by atoms with Gasteiger partial charge >= 0.3 is 0 Å². The molecule has 2 aromatic carbocycles. The molecular formula is C17H18FNO2. The summed E-state index contributed by atoms with van der Waals surface area (Å²) in [4.78, 5) is 11.8. The average Bonchev–Trinajstić information content (AvgIpc) is 2.47. The molecule has 0 aliphatic rings. The van der Waals surface area contributed by atoms with Crippen LogP contribution in [0.1, 0.15) is 21.5 Å². The van der Waals surface area contributed by atoms with E-state index >= 15 is 0 Å². The quantitative estimate of drug-likeness (QED) is 0.857. The summed E-state index contributed by atoms with van der Waals surface area (Å²) in [6.07, 6.45) is 0. The maximum absolute atomic E-state index is 12.8. The van der Waals surface area contributed by atoms with E-state index in [9.17, 15) is 9.18 Å². The Labute approximate surface area is 123 Å². The minimum atomic E-state index is -0.357. The molecule has 2 aromatic rings. The normalized spacial score (nSPS) is 10.2. The van der Waals surface area contributed by atoms with Crippen molar-refractivity contribution in [3.05, 3.63) is 65.0 Å². The van der Waals surface area contributed by atoms with Crippen molar-refractivity contribution in [3.63, 3.8) is 0 Å². The van der Waals surface area contributed by atoms with Gasteiger partial charge in [0.05, 0.1) is 6.54 Å². The third-order valence-corrected chi connectivity index (χ3v) is 3.10. The fourth-order valence-electron chi connectivity index (χ4n) is 1.89. The number of hydrogen-bond acceptors (Lipinski definition) is 2. The van der Waals surface area contributed by atoms with Gasteiger partial charge in [-0.3, -0.25) is 4.79 Å². The van der Waals surface area contributed by atoms with Crippen LogP contribution in [-0.4, -0.2) is 19.1 Å². The Kier molecular flexibility index (Phi) is 4.93. The van der Waals surface area contributed by atoms with E-state index in [1.54, 1.807) is 0 Å². The average molecular weight is 287 g/mol. The molecule has 0 aromatic heterocycles. The van der Waals surface area contributed by atoms with Crippen LogP contribution >= 0.6 is 0 Å². The molecule has 110 valence electrons. The van der Waals surface area contributed by atoms with E-state index < -0.39 is 0 Å². The van der Waals surface area contributed by atoms with Crippen LogP contribution in [-0.2, 0) is 0 Å². The molecular weight excluding hydrogens is 269 g/mol. The number of halogens is 1. The molecule has 4 heteroatoms. The Morgan fingerprint density at radius 3 is 2.57 bits per heavy atom. The molecule has 0 atom stereocenters. The highest BCUT2D eigenvalue weighted by atomic mass is 19.1. The lowest BCUT2D eigenvalue weighted by Gasteiger charge is -2.10. The first-order valence-corrected chi connectivity index (χ1v) is 6.80. The van der Waals surface area contributed by atoms with Crippen LogP contribution in [0.2, 0.25) is 0 Å². The van der Waals surface area contributed by atoms with Crippen LogP contribution < -0.4 is 10.1 Å². The smallest absolute Gasteiger partial charge is 0.251 e. The maximum atomic E-state index is 12.8. The van der Waals surface area contributed by atoms with E-state index in [1.807, 2.05) is 32.0 Å². The molecule has 2 rings (SSSR count). The highest BCUT2D eigenvalue weighted by Gasteiger charge is 2.05. The van der Waals surface area contributed by atoms with Gasteiger partial charge in [-0.25, -0.2) is 4.39 Å². The summed E-state index contributed by atoms with van der Waals surface area (Å²) < 4.78 is 18.4. The number of hydrogen-bond donors (Lipinski definition) is 1. The van der Waals surface area contributed by atoms with Gasteiger partial charge in [0.1, 0.15) is 18.2 Å². The highest BCUT2D eigenvalue weighted by molar-refractivity contribution is 5.94. The largest absolute Gasteiger partial charge is 0.491 e. The first-order valence-electron chi connectivity index (χ1n) is 6.80. The number of amides is 1. The van der Waals surface area contributed by atoms with Crippen LogP contribution in [0, 0.1) is 19.7 Å². The van der Waals surface area contributed by atoms with Gasteiger partial charge in [0.25, 0.3) is 5.91 Å². The van der Waals surface area contributed by atoms with Crippen LogP contribution in [0.4, 0.5) is 4.39 Å². The number of aryl methyl sites for hydroxylation is 2. The van der Waals surface area contributed by atoms with Gasteiger partial charge in [-0.2, -0.15) is 0 Å². The first kappa shape index (κ1) is 15.0. The third kappa shape index (κ3) is 4.31. The van der Waals surface area contributed by atoms with Crippen LogP contribution in [0.25, 0.3) is 0 Å². The fourth-order valence-corrected chi connectivity index (χ4v) is 1.89.